The number of hydrogen-bond donors (Lipinski definition) is 2. The van der Waals surface area contributed by atoms with Crippen LogP contribution in [0.4, 0.5) is 24.5 Å². The van der Waals surface area contributed by atoms with Crippen LogP contribution < -0.4 is 10.9 Å². The summed E-state index contributed by atoms with van der Waals surface area (Å²) in [6, 6.07) is 9.50. The van der Waals surface area contributed by atoms with Crippen LogP contribution in [0.15, 0.2) is 48.7 Å². The number of benzene rings is 2. The molecule has 0 aliphatic carbocycles. The standard InChI is InChI=1S/C18H15F3N4O3/c1-24-10-11(13-4-2-3-5-15(13)24)8-17(26)23-22-14-7-6-12(18(19,20)21)9-16(14)25(27)28/h2-7,9-10,22H,8H2,1H3,(H,23,26). The molecule has 0 radical (unpaired) electrons. The summed E-state index contributed by atoms with van der Waals surface area (Å²) in [5, 5.41) is 12.0. The SMILES string of the molecule is Cn1cc(CC(=O)NNc2ccc(C(F)(F)F)cc2[N+](=O)[O-])c2ccccc21. The number of nitrogens with one attached hydrogen (secondary N) is 2. The first-order valence-corrected chi connectivity index (χ1v) is 8.10. The molecule has 3 aromatic rings. The summed E-state index contributed by atoms with van der Waals surface area (Å²) in [5.41, 5.74) is 4.13. The van der Waals surface area contributed by atoms with E-state index < -0.39 is 28.3 Å². The molecule has 1 aromatic heterocycles. The Labute approximate surface area is 156 Å². The molecule has 2 aromatic carbocycles. The van der Waals surface area contributed by atoms with Crippen molar-refractivity contribution in [2.45, 2.75) is 12.6 Å². The van der Waals surface area contributed by atoms with Gasteiger partial charge in [0.05, 0.1) is 16.9 Å². The van der Waals surface area contributed by atoms with Crippen LogP contribution in [0.5, 0.6) is 0 Å². The largest absolute Gasteiger partial charge is 0.416 e. The Morgan fingerprint density at radius 1 is 1.21 bits per heavy atom. The summed E-state index contributed by atoms with van der Waals surface area (Å²) >= 11 is 0. The molecule has 1 amide bonds. The summed E-state index contributed by atoms with van der Waals surface area (Å²) < 4.78 is 40.1. The molecule has 28 heavy (non-hydrogen) atoms. The number of hydrogen-bond acceptors (Lipinski definition) is 4. The Balaban J connectivity index is 1.74. The van der Waals surface area contributed by atoms with Crippen LogP contribution in [0.3, 0.4) is 0 Å². The van der Waals surface area contributed by atoms with Crippen LogP contribution in [0.25, 0.3) is 10.9 Å². The number of alkyl halides is 3. The smallest absolute Gasteiger partial charge is 0.350 e. The van der Waals surface area contributed by atoms with Crippen molar-refractivity contribution in [3.05, 3.63) is 69.9 Å². The van der Waals surface area contributed by atoms with E-state index in [4.69, 9.17) is 0 Å². The van der Waals surface area contributed by atoms with Crippen LogP contribution in [-0.4, -0.2) is 15.4 Å². The van der Waals surface area contributed by atoms with Gasteiger partial charge in [0.15, 0.2) is 0 Å². The molecule has 0 unspecified atom stereocenters. The zero-order valence-electron chi connectivity index (χ0n) is 14.6. The highest BCUT2D eigenvalue weighted by Gasteiger charge is 2.33. The van der Waals surface area contributed by atoms with E-state index in [1.807, 2.05) is 35.9 Å². The molecule has 0 spiro atoms. The minimum Gasteiger partial charge on any atom is -0.350 e. The van der Waals surface area contributed by atoms with Crippen molar-refractivity contribution in [1.82, 2.24) is 9.99 Å². The second kappa shape index (κ2) is 7.22. The topological polar surface area (TPSA) is 89.2 Å². The quantitative estimate of drug-likeness (QED) is 0.511. The molecule has 0 bridgehead atoms. The lowest BCUT2D eigenvalue weighted by atomic mass is 10.1. The van der Waals surface area contributed by atoms with Crippen molar-refractivity contribution in [3.63, 3.8) is 0 Å². The fraction of sp³-hybridized carbons (Fsp3) is 0.167. The summed E-state index contributed by atoms with van der Waals surface area (Å²) in [4.78, 5) is 22.3. The first kappa shape index (κ1) is 19.2. The van der Waals surface area contributed by atoms with Gasteiger partial charge in [0, 0.05) is 30.2 Å². The van der Waals surface area contributed by atoms with E-state index in [0.717, 1.165) is 22.5 Å². The summed E-state index contributed by atoms with van der Waals surface area (Å²) in [6.45, 7) is 0. The van der Waals surface area contributed by atoms with E-state index in [1.165, 1.54) is 0 Å². The van der Waals surface area contributed by atoms with E-state index in [1.54, 1.807) is 6.20 Å². The second-order valence-electron chi connectivity index (χ2n) is 6.12. The lowest BCUT2D eigenvalue weighted by molar-refractivity contribution is -0.384. The van der Waals surface area contributed by atoms with Crippen molar-refractivity contribution in [3.8, 4) is 0 Å². The maximum absolute atomic E-state index is 12.7. The predicted octanol–water partition coefficient (Wildman–Crippen LogP) is 3.79. The van der Waals surface area contributed by atoms with Crippen LogP contribution in [0.2, 0.25) is 0 Å². The first-order chi connectivity index (χ1) is 13.2. The molecule has 146 valence electrons. The fourth-order valence-electron chi connectivity index (χ4n) is 2.89. The summed E-state index contributed by atoms with van der Waals surface area (Å²) in [6.07, 6.45) is -2.92. The third-order valence-electron chi connectivity index (χ3n) is 4.19. The third kappa shape index (κ3) is 3.90. The zero-order valence-corrected chi connectivity index (χ0v) is 14.6. The molecule has 1 heterocycles. The maximum Gasteiger partial charge on any atom is 0.416 e. The minimum absolute atomic E-state index is 0.0111. The lowest BCUT2D eigenvalue weighted by Gasteiger charge is -2.11. The summed E-state index contributed by atoms with van der Waals surface area (Å²) in [7, 11) is 1.84. The monoisotopic (exact) mass is 392 g/mol. The van der Waals surface area contributed by atoms with Crippen molar-refractivity contribution in [1.29, 1.82) is 0 Å². The number of carbonyl (C=O) groups is 1. The van der Waals surface area contributed by atoms with Crippen LogP contribution in [0, 0.1) is 10.1 Å². The molecule has 0 saturated heterocycles. The van der Waals surface area contributed by atoms with Gasteiger partial charge in [-0.1, -0.05) is 18.2 Å². The Hall–Kier alpha value is -3.56. The highest BCUT2D eigenvalue weighted by atomic mass is 19.4. The first-order valence-electron chi connectivity index (χ1n) is 8.10. The van der Waals surface area contributed by atoms with E-state index >= 15 is 0 Å². The van der Waals surface area contributed by atoms with Gasteiger partial charge in [0.2, 0.25) is 5.91 Å². The number of para-hydroxylation sites is 1. The molecule has 0 aliphatic heterocycles. The average Bonchev–Trinajstić information content (AvgIpc) is 2.95. The molecule has 7 nitrogen and oxygen atoms in total. The van der Waals surface area contributed by atoms with E-state index in [9.17, 15) is 28.1 Å². The normalized spacial score (nSPS) is 11.4. The van der Waals surface area contributed by atoms with E-state index in [0.29, 0.717) is 12.1 Å². The van der Waals surface area contributed by atoms with Gasteiger partial charge in [-0.05, 0) is 23.8 Å². The minimum atomic E-state index is -4.71. The molecular formula is C18H15F3N4O3. The van der Waals surface area contributed by atoms with Gasteiger partial charge in [0.1, 0.15) is 5.69 Å². The number of fused-ring (bicyclic) bond motifs is 1. The maximum atomic E-state index is 12.7. The number of nitro groups is 1. The highest BCUT2D eigenvalue weighted by molar-refractivity contribution is 5.89. The van der Waals surface area contributed by atoms with Gasteiger partial charge < -0.3 is 4.57 Å². The van der Waals surface area contributed by atoms with Gasteiger partial charge in [0.25, 0.3) is 5.69 Å². The van der Waals surface area contributed by atoms with E-state index in [-0.39, 0.29) is 12.1 Å². The van der Waals surface area contributed by atoms with Crippen LogP contribution in [-0.2, 0) is 24.4 Å². The fourth-order valence-corrected chi connectivity index (χ4v) is 2.89. The van der Waals surface area contributed by atoms with Crippen LogP contribution in [0.1, 0.15) is 11.1 Å². The molecule has 2 N–H and O–H groups in total. The third-order valence-corrected chi connectivity index (χ3v) is 4.19. The number of aromatic nitrogens is 1. The van der Waals surface area contributed by atoms with Crippen molar-refractivity contribution >= 4 is 28.2 Å². The number of nitro benzene ring substituents is 1. The lowest BCUT2D eigenvalue weighted by Crippen LogP contribution is -2.31. The van der Waals surface area contributed by atoms with Crippen molar-refractivity contribution in [2.24, 2.45) is 7.05 Å². The van der Waals surface area contributed by atoms with Crippen molar-refractivity contribution < 1.29 is 22.9 Å². The second-order valence-corrected chi connectivity index (χ2v) is 6.12. The number of nitrogens with zero attached hydrogens (tertiary/aromatic N) is 2. The Morgan fingerprint density at radius 3 is 2.61 bits per heavy atom. The molecule has 0 saturated carbocycles. The highest BCUT2D eigenvalue weighted by Crippen LogP contribution is 2.34. The average molecular weight is 392 g/mol. The number of amides is 1. The van der Waals surface area contributed by atoms with Gasteiger partial charge in [-0.25, -0.2) is 0 Å². The van der Waals surface area contributed by atoms with Gasteiger partial charge in [-0.15, -0.1) is 0 Å². The molecule has 0 aliphatic rings. The number of hydrazine groups is 1. The number of halogens is 3. The van der Waals surface area contributed by atoms with E-state index in [2.05, 4.69) is 10.9 Å². The number of anilines is 1. The Kier molecular flexibility index (Phi) is 4.95. The van der Waals surface area contributed by atoms with Gasteiger partial charge in [-0.2, -0.15) is 13.2 Å². The Morgan fingerprint density at radius 2 is 1.93 bits per heavy atom. The number of carbonyl (C=O) groups excluding carboxylic acids is 1. The molecular weight excluding hydrogens is 377 g/mol. The number of aryl methyl sites for hydroxylation is 1. The number of rotatable bonds is 5. The molecule has 0 atom stereocenters. The summed E-state index contributed by atoms with van der Waals surface area (Å²) in [5.74, 6) is -0.495. The molecule has 0 fully saturated rings. The zero-order chi connectivity index (χ0) is 20.5. The Bertz CT molecular complexity index is 1060. The molecule has 10 heteroatoms. The van der Waals surface area contributed by atoms with Gasteiger partial charge in [-0.3, -0.25) is 25.8 Å². The predicted molar refractivity (Wildman–Crippen MR) is 96.5 cm³/mol. The van der Waals surface area contributed by atoms with Crippen LogP contribution >= 0.6 is 0 Å². The molecule has 3 rings (SSSR count). The van der Waals surface area contributed by atoms with Gasteiger partial charge >= 0.3 is 6.18 Å². The van der Waals surface area contributed by atoms with Crippen molar-refractivity contribution in [2.75, 3.05) is 5.43 Å².